The van der Waals surface area contributed by atoms with Crippen molar-refractivity contribution >= 4 is 17.8 Å². The third-order valence-corrected chi connectivity index (χ3v) is 3.77. The second-order valence-electron chi connectivity index (χ2n) is 5.86. The van der Waals surface area contributed by atoms with Crippen LogP contribution in [0.4, 0.5) is 0 Å². The predicted molar refractivity (Wildman–Crippen MR) is 101 cm³/mol. The van der Waals surface area contributed by atoms with E-state index in [-0.39, 0.29) is 18.7 Å². The molecule has 0 saturated heterocycles. The lowest BCUT2D eigenvalue weighted by Crippen LogP contribution is -2.35. The van der Waals surface area contributed by atoms with Crippen molar-refractivity contribution in [1.29, 1.82) is 0 Å². The van der Waals surface area contributed by atoms with Crippen LogP contribution in [0, 0.1) is 0 Å². The molecule has 0 aliphatic heterocycles. The van der Waals surface area contributed by atoms with Crippen molar-refractivity contribution in [2.75, 3.05) is 13.7 Å². The molecule has 1 atom stereocenters. The number of hydrogen-bond donors (Lipinski definition) is 2. The monoisotopic (exact) mass is 386 g/mol. The summed E-state index contributed by atoms with van der Waals surface area (Å²) >= 11 is 0. The van der Waals surface area contributed by atoms with E-state index in [1.54, 1.807) is 13.2 Å². The first-order valence-electron chi connectivity index (χ1n) is 8.52. The van der Waals surface area contributed by atoms with Crippen molar-refractivity contribution in [1.82, 2.24) is 5.32 Å². The summed E-state index contributed by atoms with van der Waals surface area (Å²) in [5.74, 6) is -0.637. The van der Waals surface area contributed by atoms with Gasteiger partial charge in [0.1, 0.15) is 11.5 Å². The number of benzene rings is 2. The summed E-state index contributed by atoms with van der Waals surface area (Å²) < 4.78 is 15.5. The summed E-state index contributed by atoms with van der Waals surface area (Å²) in [6.07, 6.45) is -0.979. The smallest absolute Gasteiger partial charge is 0.338 e. The Kier molecular flexibility index (Phi) is 7.38. The van der Waals surface area contributed by atoms with Crippen LogP contribution < -0.4 is 20.5 Å². The first-order chi connectivity index (χ1) is 13.4. The lowest BCUT2D eigenvalue weighted by atomic mass is 10.2. The maximum atomic E-state index is 12.2. The number of nitrogens with one attached hydrogen (secondary N) is 1. The van der Waals surface area contributed by atoms with Gasteiger partial charge in [-0.15, -0.1) is 0 Å². The van der Waals surface area contributed by atoms with Crippen LogP contribution in [0.2, 0.25) is 0 Å². The molecule has 3 N–H and O–H groups in total. The van der Waals surface area contributed by atoms with E-state index < -0.39 is 23.9 Å². The molecule has 2 rings (SSSR count). The van der Waals surface area contributed by atoms with Crippen LogP contribution in [-0.4, -0.2) is 37.6 Å². The first-order valence-corrected chi connectivity index (χ1v) is 8.52. The number of carbonyl (C=O) groups is 3. The van der Waals surface area contributed by atoms with Gasteiger partial charge in [0.2, 0.25) is 0 Å². The van der Waals surface area contributed by atoms with Crippen molar-refractivity contribution in [3.8, 4) is 11.5 Å². The Morgan fingerprint density at radius 1 is 1.07 bits per heavy atom. The predicted octanol–water partition coefficient (Wildman–Crippen LogP) is 1.42. The van der Waals surface area contributed by atoms with Crippen LogP contribution in [0.15, 0.2) is 48.5 Å². The minimum Gasteiger partial charge on any atom is -0.496 e. The number of rotatable bonds is 9. The average Bonchev–Trinajstić information content (AvgIpc) is 2.70. The van der Waals surface area contributed by atoms with Crippen LogP contribution in [-0.2, 0) is 20.9 Å². The normalized spacial score (nSPS) is 11.2. The van der Waals surface area contributed by atoms with Crippen LogP contribution in [0.3, 0.4) is 0 Å². The Balaban J connectivity index is 1.87. The quantitative estimate of drug-likeness (QED) is 0.630. The SMILES string of the molecule is COc1ccccc1CNC(=O)[C@H](C)OC(=O)c1ccc(OCC(N)=O)cc1. The zero-order valence-corrected chi connectivity index (χ0v) is 15.6. The second-order valence-corrected chi connectivity index (χ2v) is 5.86. The highest BCUT2D eigenvalue weighted by Gasteiger charge is 2.19. The minimum atomic E-state index is -0.979. The molecular formula is C20H22N2O6. The summed E-state index contributed by atoms with van der Waals surface area (Å²) in [5.41, 5.74) is 6.05. The van der Waals surface area contributed by atoms with Gasteiger partial charge in [0.05, 0.1) is 12.7 Å². The molecule has 0 fully saturated rings. The molecule has 2 amide bonds. The fourth-order valence-electron chi connectivity index (χ4n) is 2.30. The fraction of sp³-hybridized carbons (Fsp3) is 0.250. The van der Waals surface area contributed by atoms with Gasteiger partial charge in [-0.3, -0.25) is 9.59 Å². The first kappa shape index (κ1) is 20.8. The lowest BCUT2D eigenvalue weighted by Gasteiger charge is -2.15. The van der Waals surface area contributed by atoms with Crippen molar-refractivity contribution < 1.29 is 28.6 Å². The molecule has 28 heavy (non-hydrogen) atoms. The van der Waals surface area contributed by atoms with Gasteiger partial charge < -0.3 is 25.3 Å². The molecule has 8 nitrogen and oxygen atoms in total. The van der Waals surface area contributed by atoms with E-state index in [1.807, 2.05) is 18.2 Å². The molecule has 0 aromatic heterocycles. The third-order valence-electron chi connectivity index (χ3n) is 3.77. The van der Waals surface area contributed by atoms with Gasteiger partial charge in [-0.05, 0) is 37.3 Å². The Morgan fingerprint density at radius 3 is 2.39 bits per heavy atom. The molecule has 0 spiro atoms. The molecule has 0 bridgehead atoms. The zero-order chi connectivity index (χ0) is 20.5. The highest BCUT2D eigenvalue weighted by atomic mass is 16.5. The molecule has 0 aliphatic carbocycles. The number of carbonyl (C=O) groups excluding carboxylic acids is 3. The fourth-order valence-corrected chi connectivity index (χ4v) is 2.30. The minimum absolute atomic E-state index is 0.246. The highest BCUT2D eigenvalue weighted by Crippen LogP contribution is 2.17. The van der Waals surface area contributed by atoms with Gasteiger partial charge >= 0.3 is 5.97 Å². The topological polar surface area (TPSA) is 117 Å². The molecule has 0 saturated carbocycles. The summed E-state index contributed by atoms with van der Waals surface area (Å²) in [6.45, 7) is 1.48. The third kappa shape index (κ3) is 6.01. The largest absolute Gasteiger partial charge is 0.496 e. The lowest BCUT2D eigenvalue weighted by molar-refractivity contribution is -0.129. The Bertz CT molecular complexity index is 835. The van der Waals surface area contributed by atoms with E-state index in [0.29, 0.717) is 11.5 Å². The van der Waals surface area contributed by atoms with Crippen molar-refractivity contribution in [3.05, 3.63) is 59.7 Å². The molecule has 0 aliphatic rings. The highest BCUT2D eigenvalue weighted by molar-refractivity contribution is 5.92. The number of hydrogen-bond acceptors (Lipinski definition) is 6. The number of nitrogens with two attached hydrogens (primary N) is 1. The molecule has 2 aromatic carbocycles. The van der Waals surface area contributed by atoms with Crippen molar-refractivity contribution in [2.45, 2.75) is 19.6 Å². The van der Waals surface area contributed by atoms with Crippen LogP contribution >= 0.6 is 0 Å². The standard InChI is InChI=1S/C20H22N2O6/c1-13(19(24)22-11-15-5-3-4-6-17(15)26-2)28-20(25)14-7-9-16(10-8-14)27-12-18(21)23/h3-10,13H,11-12H2,1-2H3,(H2,21,23)(H,22,24)/t13-/m0/s1. The van der Waals surface area contributed by atoms with Gasteiger partial charge in [0, 0.05) is 12.1 Å². The number of amides is 2. The molecular weight excluding hydrogens is 364 g/mol. The summed E-state index contributed by atoms with van der Waals surface area (Å²) in [7, 11) is 1.55. The van der Waals surface area contributed by atoms with E-state index in [4.69, 9.17) is 19.9 Å². The van der Waals surface area contributed by atoms with Crippen molar-refractivity contribution in [3.63, 3.8) is 0 Å². The van der Waals surface area contributed by atoms with Crippen LogP contribution in [0.5, 0.6) is 11.5 Å². The van der Waals surface area contributed by atoms with Crippen LogP contribution in [0.25, 0.3) is 0 Å². The molecule has 0 unspecified atom stereocenters. The second kappa shape index (κ2) is 9.96. The number of primary amides is 1. The van der Waals surface area contributed by atoms with E-state index in [9.17, 15) is 14.4 Å². The van der Waals surface area contributed by atoms with E-state index in [2.05, 4.69) is 5.32 Å². The molecule has 0 radical (unpaired) electrons. The summed E-state index contributed by atoms with van der Waals surface area (Å²) in [4.78, 5) is 35.1. The molecule has 148 valence electrons. The van der Waals surface area contributed by atoms with E-state index in [1.165, 1.54) is 31.2 Å². The number of ether oxygens (including phenoxy) is 3. The van der Waals surface area contributed by atoms with Crippen molar-refractivity contribution in [2.24, 2.45) is 5.73 Å². The van der Waals surface area contributed by atoms with Gasteiger partial charge in [-0.1, -0.05) is 18.2 Å². The summed E-state index contributed by atoms with van der Waals surface area (Å²) in [6, 6.07) is 13.2. The van der Waals surface area contributed by atoms with Gasteiger partial charge in [-0.2, -0.15) is 0 Å². The number of para-hydroxylation sites is 1. The average molecular weight is 386 g/mol. The van der Waals surface area contributed by atoms with Gasteiger partial charge in [0.15, 0.2) is 12.7 Å². The maximum Gasteiger partial charge on any atom is 0.338 e. The number of esters is 1. The molecule has 2 aromatic rings. The zero-order valence-electron chi connectivity index (χ0n) is 15.6. The van der Waals surface area contributed by atoms with E-state index >= 15 is 0 Å². The summed E-state index contributed by atoms with van der Waals surface area (Å²) in [5, 5.41) is 2.71. The van der Waals surface area contributed by atoms with E-state index in [0.717, 1.165) is 5.56 Å². The Morgan fingerprint density at radius 2 is 1.75 bits per heavy atom. The number of methoxy groups -OCH3 is 1. The molecule has 8 heteroatoms. The van der Waals surface area contributed by atoms with Gasteiger partial charge in [-0.25, -0.2) is 4.79 Å². The Hall–Kier alpha value is -3.55. The van der Waals surface area contributed by atoms with Crippen LogP contribution in [0.1, 0.15) is 22.8 Å². The van der Waals surface area contributed by atoms with Gasteiger partial charge in [0.25, 0.3) is 11.8 Å². The molecule has 0 heterocycles. The maximum absolute atomic E-state index is 12.2. The Labute approximate surface area is 162 Å².